The summed E-state index contributed by atoms with van der Waals surface area (Å²) in [6.45, 7) is 3.76. The quantitative estimate of drug-likeness (QED) is 0.625. The van der Waals surface area contributed by atoms with Crippen LogP contribution in [0.25, 0.3) is 0 Å². The van der Waals surface area contributed by atoms with Crippen LogP contribution in [0.3, 0.4) is 0 Å². The smallest absolute Gasteiger partial charge is 0.0553 e. The van der Waals surface area contributed by atoms with Crippen molar-refractivity contribution in [3.63, 3.8) is 0 Å². The number of nitrogens with one attached hydrogen (secondary N) is 1. The van der Waals surface area contributed by atoms with Gasteiger partial charge in [0.2, 0.25) is 0 Å². The highest BCUT2D eigenvalue weighted by Crippen LogP contribution is 2.46. The third kappa shape index (κ3) is 1.87. The van der Waals surface area contributed by atoms with Gasteiger partial charge in [0.1, 0.15) is 0 Å². The maximum absolute atomic E-state index is 5.66. The van der Waals surface area contributed by atoms with Gasteiger partial charge in [-0.25, -0.2) is 0 Å². The molecule has 2 fully saturated rings. The predicted molar refractivity (Wildman–Crippen MR) is 52.3 cm³/mol. The second-order valence-corrected chi connectivity index (χ2v) is 4.67. The fourth-order valence-corrected chi connectivity index (χ4v) is 2.91. The van der Waals surface area contributed by atoms with E-state index in [2.05, 4.69) is 12.2 Å². The molecule has 1 heterocycles. The van der Waals surface area contributed by atoms with Crippen LogP contribution < -0.4 is 11.1 Å². The molecule has 3 nitrogen and oxygen atoms in total. The Balaban J connectivity index is 1.89. The van der Waals surface area contributed by atoms with Crippen LogP contribution in [-0.4, -0.2) is 25.4 Å². The summed E-state index contributed by atoms with van der Waals surface area (Å²) in [5.41, 5.74) is 5.97. The first kappa shape index (κ1) is 9.44. The van der Waals surface area contributed by atoms with Crippen LogP contribution in [0.4, 0.5) is 0 Å². The van der Waals surface area contributed by atoms with Crippen LogP contribution in [0.5, 0.6) is 0 Å². The van der Waals surface area contributed by atoms with Gasteiger partial charge in [0.25, 0.3) is 0 Å². The highest BCUT2D eigenvalue weighted by atomic mass is 16.5. The molecule has 1 spiro atoms. The zero-order chi connectivity index (χ0) is 9.31. The Morgan fingerprint density at radius 3 is 3.00 bits per heavy atom. The molecule has 3 heteroatoms. The van der Waals surface area contributed by atoms with Gasteiger partial charge in [0.15, 0.2) is 0 Å². The molecule has 0 amide bonds. The Morgan fingerprint density at radius 2 is 2.38 bits per heavy atom. The molecule has 1 aliphatic heterocycles. The van der Waals surface area contributed by atoms with E-state index in [0.717, 1.165) is 6.61 Å². The molecule has 2 rings (SSSR count). The topological polar surface area (TPSA) is 47.3 Å². The molecule has 1 unspecified atom stereocenters. The average molecular weight is 184 g/mol. The summed E-state index contributed by atoms with van der Waals surface area (Å²) < 4.78 is 5.66. The number of hydrogen-bond acceptors (Lipinski definition) is 3. The lowest BCUT2D eigenvalue weighted by Crippen LogP contribution is -2.33. The number of rotatable bonds is 2. The molecule has 1 saturated heterocycles. The summed E-state index contributed by atoms with van der Waals surface area (Å²) in [6.07, 6.45) is 5.56. The molecule has 0 aromatic heterocycles. The molecule has 0 radical (unpaired) electrons. The molecule has 3 N–H and O–H groups in total. The van der Waals surface area contributed by atoms with Crippen LogP contribution in [-0.2, 0) is 4.74 Å². The zero-order valence-electron chi connectivity index (χ0n) is 8.38. The summed E-state index contributed by atoms with van der Waals surface area (Å²) >= 11 is 0. The van der Waals surface area contributed by atoms with Crippen molar-refractivity contribution in [3.8, 4) is 0 Å². The van der Waals surface area contributed by atoms with Gasteiger partial charge in [-0.15, -0.1) is 0 Å². The van der Waals surface area contributed by atoms with E-state index in [0.29, 0.717) is 24.2 Å². The Bertz CT molecular complexity index is 186. The van der Waals surface area contributed by atoms with Gasteiger partial charge in [-0.2, -0.15) is 0 Å². The second kappa shape index (κ2) is 3.56. The molecular weight excluding hydrogens is 164 g/mol. The minimum absolute atomic E-state index is 0.469. The van der Waals surface area contributed by atoms with Gasteiger partial charge in [-0.1, -0.05) is 0 Å². The first-order chi connectivity index (χ1) is 6.24. The molecule has 0 bridgehead atoms. The lowest BCUT2D eigenvalue weighted by Gasteiger charge is -2.21. The summed E-state index contributed by atoms with van der Waals surface area (Å²) in [4.78, 5) is 0. The average Bonchev–Trinajstić information content (AvgIpc) is 2.62. The van der Waals surface area contributed by atoms with Crippen molar-refractivity contribution in [1.29, 1.82) is 0 Å². The van der Waals surface area contributed by atoms with E-state index in [1.807, 2.05) is 0 Å². The number of nitrogens with two attached hydrogens (primary N) is 1. The highest BCUT2D eigenvalue weighted by molar-refractivity contribution is 4.96. The standard InChI is InChI=1S/C10H20N2O/c1-8-4-10(6-13-8)3-2-9(5-10)12-7-11/h8-9,12H,2-7,11H2,1H3/t8-,9-,10?/m1/s1. The Kier molecular flexibility index (Phi) is 2.58. The zero-order valence-corrected chi connectivity index (χ0v) is 8.38. The summed E-state index contributed by atoms with van der Waals surface area (Å²) in [5, 5.41) is 3.33. The number of hydrogen-bond donors (Lipinski definition) is 2. The van der Waals surface area contributed by atoms with E-state index in [1.165, 1.54) is 25.7 Å². The van der Waals surface area contributed by atoms with Crippen molar-refractivity contribution in [2.75, 3.05) is 13.3 Å². The molecule has 3 atom stereocenters. The van der Waals surface area contributed by atoms with Crippen LogP contribution in [0.1, 0.15) is 32.6 Å². The largest absolute Gasteiger partial charge is 0.378 e. The SMILES string of the molecule is C[C@@H]1CC2(CC[C@@H](NCN)C2)CO1. The minimum Gasteiger partial charge on any atom is -0.378 e. The van der Waals surface area contributed by atoms with Crippen LogP contribution in [0.2, 0.25) is 0 Å². The summed E-state index contributed by atoms with van der Waals surface area (Å²) in [6, 6.07) is 0.638. The van der Waals surface area contributed by atoms with Gasteiger partial charge in [-0.05, 0) is 38.0 Å². The van der Waals surface area contributed by atoms with E-state index in [4.69, 9.17) is 10.5 Å². The maximum atomic E-state index is 5.66. The third-order valence-electron chi connectivity index (χ3n) is 3.50. The van der Waals surface area contributed by atoms with Gasteiger partial charge in [0, 0.05) is 12.7 Å². The predicted octanol–water partition coefficient (Wildman–Crippen LogP) is 0.840. The van der Waals surface area contributed by atoms with Gasteiger partial charge in [0.05, 0.1) is 12.7 Å². The monoisotopic (exact) mass is 184 g/mol. The van der Waals surface area contributed by atoms with Crippen molar-refractivity contribution < 1.29 is 4.74 Å². The maximum Gasteiger partial charge on any atom is 0.0553 e. The first-order valence-electron chi connectivity index (χ1n) is 5.29. The van der Waals surface area contributed by atoms with Crippen molar-refractivity contribution in [1.82, 2.24) is 5.32 Å². The van der Waals surface area contributed by atoms with E-state index < -0.39 is 0 Å². The second-order valence-electron chi connectivity index (χ2n) is 4.67. The highest BCUT2D eigenvalue weighted by Gasteiger charge is 2.44. The van der Waals surface area contributed by atoms with E-state index >= 15 is 0 Å². The van der Waals surface area contributed by atoms with Crippen LogP contribution in [0, 0.1) is 5.41 Å². The molecule has 2 aliphatic rings. The first-order valence-corrected chi connectivity index (χ1v) is 5.29. The van der Waals surface area contributed by atoms with E-state index in [9.17, 15) is 0 Å². The van der Waals surface area contributed by atoms with Crippen molar-refractivity contribution in [2.24, 2.45) is 11.1 Å². The van der Waals surface area contributed by atoms with Crippen LogP contribution >= 0.6 is 0 Å². The Morgan fingerprint density at radius 1 is 1.54 bits per heavy atom. The Hall–Kier alpha value is -0.120. The molecule has 0 aromatic rings. The molecule has 76 valence electrons. The summed E-state index contributed by atoms with van der Waals surface area (Å²) in [5.74, 6) is 0. The summed E-state index contributed by atoms with van der Waals surface area (Å²) in [7, 11) is 0. The van der Waals surface area contributed by atoms with Gasteiger partial charge >= 0.3 is 0 Å². The normalized spacial score (nSPS) is 44.8. The van der Waals surface area contributed by atoms with Crippen LogP contribution in [0.15, 0.2) is 0 Å². The molecule has 1 aliphatic carbocycles. The lowest BCUT2D eigenvalue weighted by molar-refractivity contribution is 0.106. The molecule has 1 saturated carbocycles. The van der Waals surface area contributed by atoms with Crippen molar-refractivity contribution in [3.05, 3.63) is 0 Å². The minimum atomic E-state index is 0.469. The fourth-order valence-electron chi connectivity index (χ4n) is 2.91. The fraction of sp³-hybridized carbons (Fsp3) is 1.00. The third-order valence-corrected chi connectivity index (χ3v) is 3.50. The van der Waals surface area contributed by atoms with E-state index in [1.54, 1.807) is 0 Å². The molecule has 0 aromatic carbocycles. The number of ether oxygens (including phenoxy) is 1. The van der Waals surface area contributed by atoms with Gasteiger partial charge < -0.3 is 15.8 Å². The van der Waals surface area contributed by atoms with E-state index in [-0.39, 0.29) is 0 Å². The van der Waals surface area contributed by atoms with Crippen molar-refractivity contribution in [2.45, 2.75) is 44.8 Å². The van der Waals surface area contributed by atoms with Crippen molar-refractivity contribution >= 4 is 0 Å². The molecule has 13 heavy (non-hydrogen) atoms. The van der Waals surface area contributed by atoms with Gasteiger partial charge in [-0.3, -0.25) is 0 Å². The lowest BCUT2D eigenvalue weighted by atomic mass is 9.84. The molecular formula is C10H20N2O. The Labute approximate surface area is 80.0 Å².